The number of nitrogens with one attached hydrogen (secondary N) is 1. The number of hydrogen-bond acceptors (Lipinski definition) is 3. The Hall–Kier alpha value is -2.19. The van der Waals surface area contributed by atoms with Crippen LogP contribution in [0.2, 0.25) is 0 Å². The van der Waals surface area contributed by atoms with Crippen molar-refractivity contribution >= 4 is 45.4 Å². The van der Waals surface area contributed by atoms with Gasteiger partial charge in [0.2, 0.25) is 0 Å². The van der Waals surface area contributed by atoms with Crippen LogP contribution in [0.5, 0.6) is 0 Å². The average Bonchev–Trinajstić information content (AvgIpc) is 2.77. The van der Waals surface area contributed by atoms with Crippen molar-refractivity contribution in [1.82, 2.24) is 4.57 Å². The van der Waals surface area contributed by atoms with E-state index >= 15 is 0 Å². The second-order valence-electron chi connectivity index (χ2n) is 8.16. The smallest absolute Gasteiger partial charge is 0.258 e. The van der Waals surface area contributed by atoms with Crippen LogP contribution in [0.1, 0.15) is 48.0 Å². The quantitative estimate of drug-likeness (QED) is 0.447. The molecule has 0 bridgehead atoms. The molecule has 1 aliphatic rings. The van der Waals surface area contributed by atoms with Crippen LogP contribution >= 0.6 is 23.0 Å². The van der Waals surface area contributed by atoms with E-state index in [0.29, 0.717) is 23.2 Å². The summed E-state index contributed by atoms with van der Waals surface area (Å²) in [5, 5.41) is 4.30. The Morgan fingerprint density at radius 1 is 1.10 bits per heavy atom. The van der Waals surface area contributed by atoms with E-state index in [9.17, 15) is 9.59 Å². The lowest BCUT2D eigenvalue weighted by Gasteiger charge is -2.35. The zero-order valence-electron chi connectivity index (χ0n) is 17.0. The molecule has 5 nitrogen and oxygen atoms in total. The zero-order valence-corrected chi connectivity index (χ0v) is 19.1. The van der Waals surface area contributed by atoms with Crippen LogP contribution in [0.4, 0.5) is 5.69 Å². The molecule has 1 aromatic heterocycles. The largest absolute Gasteiger partial charge is 0.321 e. The van der Waals surface area contributed by atoms with Gasteiger partial charge >= 0.3 is 0 Å². The fraction of sp³-hybridized carbons (Fsp3) is 0.333. The standard InChI is InChI=1S/C24H25IN2O3/c1-17-7-5-8-18(15-17)22(28)26-21-10-6-9-20-19(21)11-14-27(23(20)29)16-24(30-25)12-3-2-4-13-24/h5-11,14-15H,2-4,12-13,16H2,1H3,(H,26,28). The van der Waals surface area contributed by atoms with E-state index in [1.54, 1.807) is 10.6 Å². The first-order valence-corrected chi connectivity index (χ1v) is 11.2. The number of aromatic nitrogens is 1. The van der Waals surface area contributed by atoms with Gasteiger partial charge in [0.05, 0.1) is 12.1 Å². The first kappa shape index (κ1) is 21.1. The van der Waals surface area contributed by atoms with Crippen molar-refractivity contribution in [2.75, 3.05) is 5.32 Å². The number of rotatable bonds is 5. The maximum absolute atomic E-state index is 13.2. The summed E-state index contributed by atoms with van der Waals surface area (Å²) in [6.45, 7) is 2.50. The molecular weight excluding hydrogens is 491 g/mol. The molecule has 1 fully saturated rings. The molecule has 0 spiro atoms. The number of carbonyl (C=O) groups is 1. The summed E-state index contributed by atoms with van der Waals surface area (Å²) in [7, 11) is 0. The van der Waals surface area contributed by atoms with Crippen LogP contribution in [0, 0.1) is 6.92 Å². The summed E-state index contributed by atoms with van der Waals surface area (Å²) in [4.78, 5) is 25.9. The van der Waals surface area contributed by atoms with Gasteiger partial charge in [-0.25, -0.2) is 0 Å². The first-order valence-electron chi connectivity index (χ1n) is 10.3. The molecule has 4 rings (SSSR count). The van der Waals surface area contributed by atoms with Gasteiger partial charge in [-0.3, -0.25) is 9.59 Å². The van der Waals surface area contributed by atoms with Gasteiger partial charge in [0.1, 0.15) is 23.0 Å². The lowest BCUT2D eigenvalue weighted by atomic mass is 9.85. The molecule has 0 unspecified atom stereocenters. The number of hydrogen-bond donors (Lipinski definition) is 1. The highest BCUT2D eigenvalue weighted by Crippen LogP contribution is 2.35. The van der Waals surface area contributed by atoms with E-state index in [0.717, 1.165) is 36.6 Å². The highest BCUT2D eigenvalue weighted by molar-refractivity contribution is 14.1. The van der Waals surface area contributed by atoms with Gasteiger partial charge in [-0.15, -0.1) is 0 Å². The molecule has 1 heterocycles. The average molecular weight is 516 g/mol. The Morgan fingerprint density at radius 3 is 2.60 bits per heavy atom. The fourth-order valence-corrected chi connectivity index (χ4v) is 4.88. The predicted molar refractivity (Wildman–Crippen MR) is 128 cm³/mol. The third-order valence-corrected chi connectivity index (χ3v) is 6.87. The number of benzene rings is 2. The Morgan fingerprint density at radius 2 is 1.87 bits per heavy atom. The molecule has 1 N–H and O–H groups in total. The predicted octanol–water partition coefficient (Wildman–Crippen LogP) is 5.63. The maximum atomic E-state index is 13.2. The lowest BCUT2D eigenvalue weighted by Crippen LogP contribution is -2.40. The van der Waals surface area contributed by atoms with Crippen molar-refractivity contribution < 1.29 is 7.86 Å². The van der Waals surface area contributed by atoms with Gasteiger partial charge in [0.15, 0.2) is 0 Å². The van der Waals surface area contributed by atoms with Crippen molar-refractivity contribution in [2.45, 2.75) is 51.2 Å². The second kappa shape index (κ2) is 8.89. The van der Waals surface area contributed by atoms with Crippen molar-refractivity contribution in [3.8, 4) is 0 Å². The summed E-state index contributed by atoms with van der Waals surface area (Å²) in [6, 6.07) is 14.8. The summed E-state index contributed by atoms with van der Waals surface area (Å²) >= 11 is 1.98. The minimum atomic E-state index is -0.284. The lowest BCUT2D eigenvalue weighted by molar-refractivity contribution is 0.0561. The topological polar surface area (TPSA) is 60.3 Å². The fourth-order valence-electron chi connectivity index (χ4n) is 4.30. The molecule has 6 heteroatoms. The van der Waals surface area contributed by atoms with Crippen molar-refractivity contribution in [2.24, 2.45) is 0 Å². The second-order valence-corrected chi connectivity index (χ2v) is 8.60. The molecule has 1 saturated carbocycles. The molecule has 156 valence electrons. The Bertz CT molecular complexity index is 1130. The molecule has 30 heavy (non-hydrogen) atoms. The van der Waals surface area contributed by atoms with E-state index in [4.69, 9.17) is 3.07 Å². The Balaban J connectivity index is 1.65. The summed E-state index contributed by atoms with van der Waals surface area (Å²) in [5.41, 5.74) is 1.92. The van der Waals surface area contributed by atoms with E-state index in [2.05, 4.69) is 5.32 Å². The number of fused-ring (bicyclic) bond motifs is 1. The van der Waals surface area contributed by atoms with Crippen LogP contribution in [0.3, 0.4) is 0 Å². The monoisotopic (exact) mass is 516 g/mol. The van der Waals surface area contributed by atoms with Crippen LogP contribution in [-0.2, 0) is 9.61 Å². The molecule has 1 amide bonds. The number of pyridine rings is 1. The Kier molecular flexibility index (Phi) is 6.24. The molecular formula is C24H25IN2O3. The molecule has 0 radical (unpaired) electrons. The number of anilines is 1. The van der Waals surface area contributed by atoms with Gasteiger partial charge in [0, 0.05) is 28.2 Å². The maximum Gasteiger partial charge on any atom is 0.258 e. The third-order valence-electron chi connectivity index (χ3n) is 5.93. The summed E-state index contributed by atoms with van der Waals surface area (Å²) < 4.78 is 7.59. The molecule has 0 saturated heterocycles. The Labute approximate surface area is 190 Å². The molecule has 2 aromatic carbocycles. The van der Waals surface area contributed by atoms with Gasteiger partial charge < -0.3 is 13.0 Å². The number of halogens is 1. The minimum Gasteiger partial charge on any atom is -0.321 e. The molecule has 0 atom stereocenters. The molecule has 0 aliphatic heterocycles. The summed E-state index contributed by atoms with van der Waals surface area (Å²) in [6.07, 6.45) is 7.22. The number of amides is 1. The number of nitrogens with zero attached hydrogens (tertiary/aromatic N) is 1. The minimum absolute atomic E-state index is 0.0578. The van der Waals surface area contributed by atoms with Gasteiger partial charge in [-0.05, 0) is 50.1 Å². The van der Waals surface area contributed by atoms with Crippen molar-refractivity contribution in [3.63, 3.8) is 0 Å². The van der Waals surface area contributed by atoms with Crippen molar-refractivity contribution in [3.05, 3.63) is 76.2 Å². The third kappa shape index (κ3) is 4.30. The van der Waals surface area contributed by atoms with E-state index in [-0.39, 0.29) is 17.1 Å². The normalized spacial score (nSPS) is 15.8. The van der Waals surface area contributed by atoms with Gasteiger partial charge in [-0.2, -0.15) is 0 Å². The molecule has 3 aromatic rings. The van der Waals surface area contributed by atoms with Crippen molar-refractivity contribution in [1.29, 1.82) is 0 Å². The van der Waals surface area contributed by atoms with Gasteiger partial charge in [0.25, 0.3) is 11.5 Å². The number of carbonyl (C=O) groups excluding carboxylic acids is 1. The number of aryl methyl sites for hydroxylation is 1. The van der Waals surface area contributed by atoms with E-state index in [1.165, 1.54) is 6.42 Å². The van der Waals surface area contributed by atoms with Crippen LogP contribution in [0.25, 0.3) is 10.8 Å². The van der Waals surface area contributed by atoms with E-state index < -0.39 is 0 Å². The van der Waals surface area contributed by atoms with Crippen LogP contribution < -0.4 is 10.9 Å². The molecule has 1 aliphatic carbocycles. The van der Waals surface area contributed by atoms with E-state index in [1.807, 2.05) is 78.6 Å². The van der Waals surface area contributed by atoms with Gasteiger partial charge in [-0.1, -0.05) is 43.0 Å². The summed E-state index contributed by atoms with van der Waals surface area (Å²) in [5.74, 6) is -0.185. The van der Waals surface area contributed by atoms with Crippen LogP contribution in [-0.4, -0.2) is 16.1 Å². The first-order chi connectivity index (χ1) is 14.5. The SMILES string of the molecule is Cc1cccc(C(=O)Nc2cccc3c(=O)n(CC4(OI)CCCCC4)ccc23)c1. The van der Waals surface area contributed by atoms with Crippen LogP contribution in [0.15, 0.2) is 59.5 Å². The highest BCUT2D eigenvalue weighted by atomic mass is 127. The highest BCUT2D eigenvalue weighted by Gasteiger charge is 2.33. The zero-order chi connectivity index (χ0) is 21.1.